The van der Waals surface area contributed by atoms with Crippen molar-refractivity contribution in [3.8, 4) is 0 Å². The van der Waals surface area contributed by atoms with Gasteiger partial charge >= 0.3 is 0 Å². The zero-order valence-electron chi connectivity index (χ0n) is 8.41. The van der Waals surface area contributed by atoms with Crippen LogP contribution in [0.2, 0.25) is 0 Å². The number of likely N-dealkylation sites (N-methyl/N-ethyl adjacent to an activating group) is 1. The van der Waals surface area contributed by atoms with Crippen molar-refractivity contribution < 1.29 is 0 Å². The number of pyridine rings is 1. The first-order valence-electron chi connectivity index (χ1n) is 4.46. The van der Waals surface area contributed by atoms with Gasteiger partial charge in [-0.05, 0) is 32.5 Å². The molecule has 0 aliphatic rings. The van der Waals surface area contributed by atoms with Gasteiger partial charge in [-0.2, -0.15) is 0 Å². The average Bonchev–Trinajstić information content (AvgIpc) is 2.15. The molecule has 0 saturated carbocycles. The maximum Gasteiger partial charge on any atom is 0.0521 e. The molecule has 0 amide bonds. The summed E-state index contributed by atoms with van der Waals surface area (Å²) in [6, 6.07) is 4.31. The quantitative estimate of drug-likeness (QED) is 0.715. The molecule has 0 radical (unpaired) electrons. The van der Waals surface area contributed by atoms with E-state index in [9.17, 15) is 0 Å². The molecule has 1 aromatic rings. The minimum atomic E-state index is 0.277. The zero-order chi connectivity index (χ0) is 9.68. The normalized spacial score (nSPS) is 12.2. The molecule has 0 fully saturated rings. The SMILES string of the molecule is CNC(C=C(C)C)c1cccnc1. The van der Waals surface area contributed by atoms with Gasteiger partial charge < -0.3 is 5.32 Å². The highest BCUT2D eigenvalue weighted by Crippen LogP contribution is 2.13. The number of allylic oxidation sites excluding steroid dienone is 1. The van der Waals surface area contributed by atoms with E-state index in [0.29, 0.717) is 0 Å². The van der Waals surface area contributed by atoms with Crippen LogP contribution in [0.5, 0.6) is 0 Å². The molecule has 2 nitrogen and oxygen atoms in total. The third-order valence-electron chi connectivity index (χ3n) is 1.85. The first-order valence-corrected chi connectivity index (χ1v) is 4.46. The van der Waals surface area contributed by atoms with Crippen LogP contribution in [0, 0.1) is 0 Å². The highest BCUT2D eigenvalue weighted by Gasteiger charge is 2.03. The van der Waals surface area contributed by atoms with Gasteiger partial charge in [0, 0.05) is 12.4 Å². The van der Waals surface area contributed by atoms with Crippen molar-refractivity contribution in [2.45, 2.75) is 19.9 Å². The van der Waals surface area contributed by atoms with Crippen molar-refractivity contribution in [2.75, 3.05) is 7.05 Å². The molecule has 1 atom stereocenters. The largest absolute Gasteiger partial charge is 0.310 e. The second-order valence-electron chi connectivity index (χ2n) is 3.30. The number of rotatable bonds is 3. The number of nitrogens with zero attached hydrogens (tertiary/aromatic N) is 1. The van der Waals surface area contributed by atoms with E-state index in [1.807, 2.05) is 19.3 Å². The molecule has 0 saturated heterocycles. The van der Waals surface area contributed by atoms with Crippen LogP contribution in [0.25, 0.3) is 0 Å². The first-order chi connectivity index (χ1) is 6.24. The van der Waals surface area contributed by atoms with Gasteiger partial charge in [-0.15, -0.1) is 0 Å². The van der Waals surface area contributed by atoms with Crippen molar-refractivity contribution in [2.24, 2.45) is 0 Å². The Bertz CT molecular complexity index is 273. The highest BCUT2D eigenvalue weighted by atomic mass is 14.9. The number of nitrogens with one attached hydrogen (secondary N) is 1. The zero-order valence-corrected chi connectivity index (χ0v) is 8.41. The molecular weight excluding hydrogens is 160 g/mol. The average molecular weight is 176 g/mol. The fourth-order valence-corrected chi connectivity index (χ4v) is 1.24. The predicted octanol–water partition coefficient (Wildman–Crippen LogP) is 2.31. The number of hydrogen-bond donors (Lipinski definition) is 1. The molecule has 0 aliphatic heterocycles. The molecule has 0 aromatic carbocycles. The minimum Gasteiger partial charge on any atom is -0.310 e. The van der Waals surface area contributed by atoms with Crippen molar-refractivity contribution in [3.63, 3.8) is 0 Å². The van der Waals surface area contributed by atoms with Crippen molar-refractivity contribution in [1.29, 1.82) is 0 Å². The second-order valence-corrected chi connectivity index (χ2v) is 3.30. The van der Waals surface area contributed by atoms with E-state index in [4.69, 9.17) is 0 Å². The molecule has 0 spiro atoms. The maximum absolute atomic E-state index is 4.09. The van der Waals surface area contributed by atoms with Crippen LogP contribution < -0.4 is 5.32 Å². The van der Waals surface area contributed by atoms with Crippen LogP contribution in [0.3, 0.4) is 0 Å². The van der Waals surface area contributed by atoms with Gasteiger partial charge in [0.1, 0.15) is 0 Å². The fourth-order valence-electron chi connectivity index (χ4n) is 1.24. The molecule has 1 rings (SSSR count). The van der Waals surface area contributed by atoms with Crippen LogP contribution in [-0.4, -0.2) is 12.0 Å². The summed E-state index contributed by atoms with van der Waals surface area (Å²) < 4.78 is 0. The van der Waals surface area contributed by atoms with Crippen LogP contribution in [0.1, 0.15) is 25.5 Å². The van der Waals surface area contributed by atoms with E-state index in [0.717, 1.165) is 0 Å². The summed E-state index contributed by atoms with van der Waals surface area (Å²) in [6.07, 6.45) is 5.87. The van der Waals surface area contributed by atoms with Gasteiger partial charge in [0.25, 0.3) is 0 Å². The van der Waals surface area contributed by atoms with Crippen molar-refractivity contribution in [1.82, 2.24) is 10.3 Å². The van der Waals surface area contributed by atoms with Gasteiger partial charge in [0.2, 0.25) is 0 Å². The summed E-state index contributed by atoms with van der Waals surface area (Å²) in [4.78, 5) is 4.09. The summed E-state index contributed by atoms with van der Waals surface area (Å²) in [5, 5.41) is 3.23. The van der Waals surface area contributed by atoms with E-state index in [1.165, 1.54) is 11.1 Å². The highest BCUT2D eigenvalue weighted by molar-refractivity contribution is 5.20. The molecule has 1 unspecified atom stereocenters. The van der Waals surface area contributed by atoms with E-state index >= 15 is 0 Å². The molecule has 0 bridgehead atoms. The molecular formula is C11H16N2. The summed E-state index contributed by atoms with van der Waals surface area (Å²) in [5.41, 5.74) is 2.51. The lowest BCUT2D eigenvalue weighted by Crippen LogP contribution is -2.14. The summed E-state index contributed by atoms with van der Waals surface area (Å²) >= 11 is 0. The standard InChI is InChI=1S/C11H16N2/c1-9(2)7-11(12-3)10-5-4-6-13-8-10/h4-8,11-12H,1-3H3. The first kappa shape index (κ1) is 9.93. The predicted molar refractivity (Wildman–Crippen MR) is 55.5 cm³/mol. The van der Waals surface area contributed by atoms with Gasteiger partial charge in [-0.25, -0.2) is 0 Å². The van der Waals surface area contributed by atoms with Gasteiger partial charge in [-0.3, -0.25) is 4.98 Å². The van der Waals surface area contributed by atoms with Crippen LogP contribution in [0.15, 0.2) is 36.2 Å². The van der Waals surface area contributed by atoms with Crippen LogP contribution in [0.4, 0.5) is 0 Å². The monoisotopic (exact) mass is 176 g/mol. The number of hydrogen-bond acceptors (Lipinski definition) is 2. The third kappa shape index (κ3) is 2.99. The second kappa shape index (κ2) is 4.77. The Morgan fingerprint density at radius 1 is 1.54 bits per heavy atom. The molecule has 1 heterocycles. The Morgan fingerprint density at radius 2 is 2.31 bits per heavy atom. The topological polar surface area (TPSA) is 24.9 Å². The summed E-state index contributed by atoms with van der Waals surface area (Å²) in [6.45, 7) is 4.20. The van der Waals surface area contributed by atoms with Crippen LogP contribution in [-0.2, 0) is 0 Å². The minimum absolute atomic E-state index is 0.277. The molecule has 2 heteroatoms. The smallest absolute Gasteiger partial charge is 0.0521 e. The third-order valence-corrected chi connectivity index (χ3v) is 1.85. The summed E-state index contributed by atoms with van der Waals surface area (Å²) in [7, 11) is 1.96. The van der Waals surface area contributed by atoms with E-state index in [-0.39, 0.29) is 6.04 Å². The van der Waals surface area contributed by atoms with E-state index in [2.05, 4.69) is 36.3 Å². The summed E-state index contributed by atoms with van der Waals surface area (Å²) in [5.74, 6) is 0. The molecule has 1 N–H and O–H groups in total. The lowest BCUT2D eigenvalue weighted by atomic mass is 10.1. The Hall–Kier alpha value is -1.15. The maximum atomic E-state index is 4.09. The van der Waals surface area contributed by atoms with Crippen molar-refractivity contribution in [3.05, 3.63) is 41.7 Å². The van der Waals surface area contributed by atoms with Crippen molar-refractivity contribution >= 4 is 0 Å². The van der Waals surface area contributed by atoms with Crippen LogP contribution >= 0.6 is 0 Å². The molecule has 1 aromatic heterocycles. The van der Waals surface area contributed by atoms with E-state index < -0.39 is 0 Å². The van der Waals surface area contributed by atoms with Gasteiger partial charge in [-0.1, -0.05) is 17.7 Å². The van der Waals surface area contributed by atoms with Gasteiger partial charge in [0.15, 0.2) is 0 Å². The lowest BCUT2D eigenvalue weighted by molar-refractivity contribution is 0.706. The fraction of sp³-hybridized carbons (Fsp3) is 0.364. The number of aromatic nitrogens is 1. The Kier molecular flexibility index (Phi) is 3.65. The molecule has 0 aliphatic carbocycles. The Morgan fingerprint density at radius 3 is 2.77 bits per heavy atom. The molecule has 70 valence electrons. The van der Waals surface area contributed by atoms with Gasteiger partial charge in [0.05, 0.1) is 6.04 Å². The Balaban J connectivity index is 2.85. The van der Waals surface area contributed by atoms with E-state index in [1.54, 1.807) is 6.20 Å². The Labute approximate surface area is 79.7 Å². The molecule has 13 heavy (non-hydrogen) atoms. The lowest BCUT2D eigenvalue weighted by Gasteiger charge is -2.11.